The van der Waals surface area contributed by atoms with Gasteiger partial charge in [0.15, 0.2) is 6.10 Å². The van der Waals surface area contributed by atoms with E-state index in [0.717, 1.165) is 83.5 Å². The van der Waals surface area contributed by atoms with Crippen molar-refractivity contribution in [3.63, 3.8) is 0 Å². The number of quaternary nitrogens is 1. The first-order valence-electron chi connectivity index (χ1n) is 25.3. The summed E-state index contributed by atoms with van der Waals surface area (Å²) in [6.45, 7) is 4.54. The normalized spacial score (nSPS) is 13.4. The number of likely N-dealkylation sites (N-methyl/N-ethyl adjacent to an activating group) is 1. The lowest BCUT2D eigenvalue weighted by Gasteiger charge is -2.34. The summed E-state index contributed by atoms with van der Waals surface area (Å²) in [7, 11) is 5.41. The first-order valence-corrected chi connectivity index (χ1v) is 25.3. The summed E-state index contributed by atoms with van der Waals surface area (Å²) in [5.74, 6) is -1.76. The molecule has 0 rings (SSSR count). The molecule has 0 bridgehead atoms. The monoisotopic (exact) mass is 870 g/mol. The van der Waals surface area contributed by atoms with Gasteiger partial charge in [-0.05, 0) is 57.8 Å². The molecule has 358 valence electrons. The number of nitrogens with zero attached hydrogens (tertiary/aromatic N) is 1. The molecular weight excluding hydrogens is 775 g/mol. The van der Waals surface area contributed by atoms with E-state index in [4.69, 9.17) is 14.2 Å². The summed E-state index contributed by atoms with van der Waals surface area (Å²) < 4.78 is 17.2. The molecule has 8 nitrogen and oxygen atoms in total. The summed E-state index contributed by atoms with van der Waals surface area (Å²) in [5.41, 5.74) is 0. The van der Waals surface area contributed by atoms with E-state index in [0.29, 0.717) is 12.8 Å². The van der Waals surface area contributed by atoms with Gasteiger partial charge in [0, 0.05) is 19.3 Å². The van der Waals surface area contributed by atoms with E-state index in [-0.39, 0.29) is 42.7 Å². The molecule has 0 spiro atoms. The van der Waals surface area contributed by atoms with E-state index in [1.54, 1.807) is 21.1 Å². The molecule has 0 N–H and O–H groups in total. The molecule has 62 heavy (non-hydrogen) atoms. The van der Waals surface area contributed by atoms with E-state index >= 15 is 0 Å². The topological polar surface area (TPSA) is 102 Å². The molecule has 2 atom stereocenters. The van der Waals surface area contributed by atoms with Gasteiger partial charge in [0.05, 0.1) is 40.3 Å². The van der Waals surface area contributed by atoms with Crippen molar-refractivity contribution in [1.29, 1.82) is 0 Å². The second-order valence-corrected chi connectivity index (χ2v) is 18.0. The predicted octanol–water partition coefficient (Wildman–Crippen LogP) is 13.2. The molecule has 0 aliphatic rings. The quantitative estimate of drug-likeness (QED) is 0.0260. The van der Waals surface area contributed by atoms with Crippen molar-refractivity contribution >= 4 is 17.9 Å². The number of rotatable bonds is 45. The van der Waals surface area contributed by atoms with Gasteiger partial charge in [0.25, 0.3) is 0 Å². The Morgan fingerprint density at radius 2 is 0.903 bits per heavy atom. The number of hydrogen-bond donors (Lipinski definition) is 0. The number of carboxylic acid groups (broad SMARTS) is 1. The lowest BCUT2D eigenvalue weighted by Crippen LogP contribution is -2.55. The number of esters is 2. The van der Waals surface area contributed by atoms with Crippen molar-refractivity contribution in [2.75, 3.05) is 41.0 Å². The Morgan fingerprint density at radius 3 is 1.34 bits per heavy atom. The van der Waals surface area contributed by atoms with Crippen LogP contribution in [0, 0.1) is 0 Å². The van der Waals surface area contributed by atoms with Crippen LogP contribution in [0.15, 0.2) is 60.8 Å². The Hall–Kier alpha value is -2.97. The van der Waals surface area contributed by atoms with Crippen LogP contribution in [-0.2, 0) is 28.6 Å². The highest BCUT2D eigenvalue weighted by molar-refractivity contribution is 5.70. The smallest absolute Gasteiger partial charge is 0.306 e. The minimum Gasteiger partial charge on any atom is -0.544 e. The molecule has 0 saturated carbocycles. The second-order valence-electron chi connectivity index (χ2n) is 18.0. The minimum atomic E-state index is -1.13. The van der Waals surface area contributed by atoms with Crippen molar-refractivity contribution in [2.45, 2.75) is 225 Å². The summed E-state index contributed by atoms with van der Waals surface area (Å²) >= 11 is 0. The van der Waals surface area contributed by atoms with Crippen LogP contribution >= 0.6 is 0 Å². The van der Waals surface area contributed by atoms with E-state index < -0.39 is 18.1 Å². The van der Waals surface area contributed by atoms with Crippen LogP contribution in [0.4, 0.5) is 0 Å². The van der Waals surface area contributed by atoms with Crippen LogP contribution in [0.25, 0.3) is 0 Å². The first kappa shape index (κ1) is 59.0. The van der Waals surface area contributed by atoms with Crippen LogP contribution in [-0.4, -0.2) is 75.5 Å². The van der Waals surface area contributed by atoms with Crippen LogP contribution < -0.4 is 5.11 Å². The summed E-state index contributed by atoms with van der Waals surface area (Å²) in [6.07, 6.45) is 55.3. The first-order chi connectivity index (χ1) is 30.1. The summed E-state index contributed by atoms with van der Waals surface area (Å²) in [6, 6.07) is -0.731. The average molecular weight is 870 g/mol. The number of carboxylic acids is 1. The Labute approximate surface area is 381 Å². The molecule has 8 heteroatoms. The average Bonchev–Trinajstić information content (AvgIpc) is 3.23. The maximum atomic E-state index is 12.8. The standard InChI is InChI=1S/C54H95NO7/c1-6-8-10-12-14-16-18-20-22-24-26-27-29-30-32-34-36-38-40-42-44-52(56)61-49-50(48-60-47-46-51(54(58)59)55(3,4)5)62-53(57)45-43-41-39-37-35-33-31-28-25-23-21-19-17-15-13-11-9-7-2/h8,10,14,16,20,22,26-27,30,32,50-51H,6-7,9,11-13,15,17-19,21,23-25,28-29,31,33-49H2,1-5H3/b10-8+,16-14+,22-20+,27-26+,32-30+. The molecule has 0 radical (unpaired) electrons. The zero-order chi connectivity index (χ0) is 45.6. The van der Waals surface area contributed by atoms with Gasteiger partial charge < -0.3 is 28.6 Å². The molecule has 0 aromatic rings. The molecule has 0 saturated heterocycles. The number of hydrogen-bond acceptors (Lipinski definition) is 7. The van der Waals surface area contributed by atoms with E-state index in [2.05, 4.69) is 74.6 Å². The van der Waals surface area contributed by atoms with Crippen molar-refractivity contribution in [3.8, 4) is 0 Å². The van der Waals surface area contributed by atoms with Crippen LogP contribution in [0.5, 0.6) is 0 Å². The van der Waals surface area contributed by atoms with E-state index in [1.165, 1.54) is 96.3 Å². The molecule has 0 aliphatic carbocycles. The fourth-order valence-corrected chi connectivity index (χ4v) is 7.27. The van der Waals surface area contributed by atoms with Crippen molar-refractivity contribution in [2.24, 2.45) is 0 Å². The second kappa shape index (κ2) is 44.6. The third-order valence-corrected chi connectivity index (χ3v) is 11.2. The Kier molecular flexibility index (Phi) is 42.5. The fraction of sp³-hybridized carbons (Fsp3) is 0.759. The van der Waals surface area contributed by atoms with Gasteiger partial charge in [0.1, 0.15) is 12.6 Å². The molecule has 2 unspecified atom stereocenters. The number of carbonyl (C=O) groups excluding carboxylic acids is 3. The molecule has 0 aliphatic heterocycles. The van der Waals surface area contributed by atoms with Gasteiger partial charge in [-0.1, -0.05) is 197 Å². The molecule has 0 fully saturated rings. The highest BCUT2D eigenvalue weighted by Gasteiger charge is 2.25. The Bertz CT molecular complexity index is 1200. The van der Waals surface area contributed by atoms with Gasteiger partial charge in [0.2, 0.25) is 0 Å². The van der Waals surface area contributed by atoms with E-state index in [1.807, 2.05) is 0 Å². The highest BCUT2D eigenvalue weighted by Crippen LogP contribution is 2.16. The molecule has 0 amide bonds. The van der Waals surface area contributed by atoms with Crippen LogP contribution in [0.2, 0.25) is 0 Å². The Morgan fingerprint density at radius 1 is 0.500 bits per heavy atom. The van der Waals surface area contributed by atoms with Gasteiger partial charge >= 0.3 is 11.9 Å². The number of aliphatic carboxylic acids is 1. The third-order valence-electron chi connectivity index (χ3n) is 11.2. The summed E-state index contributed by atoms with van der Waals surface area (Å²) in [4.78, 5) is 37.0. The zero-order valence-corrected chi connectivity index (χ0v) is 40.8. The molecule has 0 aromatic heterocycles. The fourth-order valence-electron chi connectivity index (χ4n) is 7.27. The molecular formula is C54H95NO7. The Balaban J connectivity index is 4.30. The lowest BCUT2D eigenvalue weighted by molar-refractivity contribution is -0.889. The third kappa shape index (κ3) is 42.3. The van der Waals surface area contributed by atoms with Crippen molar-refractivity contribution < 1.29 is 38.2 Å². The maximum absolute atomic E-state index is 12.8. The lowest BCUT2D eigenvalue weighted by atomic mass is 10.0. The number of unbranched alkanes of at least 4 members (excludes halogenated alkanes) is 21. The van der Waals surface area contributed by atoms with Gasteiger partial charge in [-0.2, -0.15) is 0 Å². The van der Waals surface area contributed by atoms with Gasteiger partial charge in [-0.25, -0.2) is 0 Å². The van der Waals surface area contributed by atoms with Gasteiger partial charge in [-0.3, -0.25) is 9.59 Å². The van der Waals surface area contributed by atoms with Crippen LogP contribution in [0.3, 0.4) is 0 Å². The number of ether oxygens (including phenoxy) is 3. The largest absolute Gasteiger partial charge is 0.544 e. The highest BCUT2D eigenvalue weighted by atomic mass is 16.6. The zero-order valence-electron chi connectivity index (χ0n) is 40.8. The van der Waals surface area contributed by atoms with Crippen LogP contribution in [0.1, 0.15) is 213 Å². The van der Waals surface area contributed by atoms with E-state index in [9.17, 15) is 19.5 Å². The maximum Gasteiger partial charge on any atom is 0.306 e. The number of allylic oxidation sites excluding steroid dienone is 10. The van der Waals surface area contributed by atoms with Crippen molar-refractivity contribution in [1.82, 2.24) is 0 Å². The summed E-state index contributed by atoms with van der Waals surface area (Å²) in [5, 5.41) is 11.7. The molecule has 0 heterocycles. The minimum absolute atomic E-state index is 0.0326. The predicted molar refractivity (Wildman–Crippen MR) is 259 cm³/mol. The van der Waals surface area contributed by atoms with Gasteiger partial charge in [-0.15, -0.1) is 0 Å². The molecule has 0 aromatic carbocycles. The SMILES string of the molecule is CC/C=C/C/C=C/C/C=C/C/C=C/C/C=C/CCCCCCC(=O)OCC(COCCC(C(=O)[O-])[N+](C)(C)C)OC(=O)CCCCCCCCCCCCCCCCCCCC. The van der Waals surface area contributed by atoms with Crippen molar-refractivity contribution in [3.05, 3.63) is 60.8 Å². The number of carbonyl (C=O) groups is 3.